The second-order valence-electron chi connectivity index (χ2n) is 6.77. The van der Waals surface area contributed by atoms with Crippen molar-refractivity contribution in [2.24, 2.45) is 5.92 Å². The van der Waals surface area contributed by atoms with E-state index >= 15 is 0 Å². The Balaban J connectivity index is 1.64. The summed E-state index contributed by atoms with van der Waals surface area (Å²) in [6.07, 6.45) is 6.69. The number of benzene rings is 1. The van der Waals surface area contributed by atoms with Crippen LogP contribution in [0.3, 0.4) is 0 Å². The van der Waals surface area contributed by atoms with E-state index in [1.807, 2.05) is 6.07 Å². The molecule has 0 bridgehead atoms. The van der Waals surface area contributed by atoms with Crippen LogP contribution in [0, 0.1) is 5.92 Å². The van der Waals surface area contributed by atoms with Crippen LogP contribution in [-0.2, 0) is 6.42 Å². The van der Waals surface area contributed by atoms with E-state index in [1.165, 1.54) is 31.2 Å². The van der Waals surface area contributed by atoms with Crippen molar-refractivity contribution in [3.8, 4) is 0 Å². The molecule has 2 N–H and O–H groups in total. The highest BCUT2D eigenvalue weighted by Gasteiger charge is 2.41. The zero-order valence-electron chi connectivity index (χ0n) is 12.9. The summed E-state index contributed by atoms with van der Waals surface area (Å²) in [6.45, 7) is 5.31. The number of hydrogen-bond acceptors (Lipinski definition) is 2. The quantitative estimate of drug-likeness (QED) is 0.722. The van der Waals surface area contributed by atoms with Crippen molar-refractivity contribution in [1.82, 2.24) is 5.32 Å². The van der Waals surface area contributed by atoms with Gasteiger partial charge in [0.1, 0.15) is 0 Å². The summed E-state index contributed by atoms with van der Waals surface area (Å²) >= 11 is 0. The van der Waals surface area contributed by atoms with E-state index in [-0.39, 0.29) is 6.10 Å². The van der Waals surface area contributed by atoms with Gasteiger partial charge in [0.15, 0.2) is 0 Å². The molecule has 0 aliphatic heterocycles. The van der Waals surface area contributed by atoms with Crippen LogP contribution < -0.4 is 5.32 Å². The van der Waals surface area contributed by atoms with Crippen LogP contribution in [0.4, 0.5) is 0 Å². The highest BCUT2D eigenvalue weighted by atomic mass is 16.3. The molecule has 112 valence electrons. The van der Waals surface area contributed by atoms with Gasteiger partial charge in [-0.2, -0.15) is 0 Å². The van der Waals surface area contributed by atoms with Gasteiger partial charge in [-0.25, -0.2) is 0 Å². The topological polar surface area (TPSA) is 32.3 Å². The first-order chi connectivity index (χ1) is 9.60. The molecule has 2 nitrogen and oxygen atoms in total. The van der Waals surface area contributed by atoms with E-state index in [0.29, 0.717) is 5.54 Å². The summed E-state index contributed by atoms with van der Waals surface area (Å²) in [7, 11) is 0. The predicted octanol–water partition coefficient (Wildman–Crippen LogP) is 3.54. The number of aliphatic hydroxyl groups excluding tert-OH is 1. The molecule has 0 radical (unpaired) electrons. The molecule has 2 rings (SSSR count). The smallest absolute Gasteiger partial charge is 0.0668 e. The van der Waals surface area contributed by atoms with Gasteiger partial charge < -0.3 is 10.4 Å². The summed E-state index contributed by atoms with van der Waals surface area (Å²) in [6, 6.07) is 10.4. The van der Waals surface area contributed by atoms with Crippen molar-refractivity contribution in [2.75, 3.05) is 6.54 Å². The van der Waals surface area contributed by atoms with Crippen LogP contribution in [0.1, 0.15) is 51.5 Å². The Hall–Kier alpha value is -0.860. The maximum absolute atomic E-state index is 10.1. The molecule has 0 spiro atoms. The van der Waals surface area contributed by atoms with E-state index in [2.05, 4.69) is 43.4 Å². The van der Waals surface area contributed by atoms with Crippen molar-refractivity contribution in [3.63, 3.8) is 0 Å². The second kappa shape index (κ2) is 7.24. The van der Waals surface area contributed by atoms with Crippen molar-refractivity contribution in [1.29, 1.82) is 0 Å². The summed E-state index contributed by atoms with van der Waals surface area (Å²) < 4.78 is 0. The van der Waals surface area contributed by atoms with Gasteiger partial charge in [-0.05, 0) is 50.0 Å². The van der Waals surface area contributed by atoms with Crippen LogP contribution >= 0.6 is 0 Å². The van der Waals surface area contributed by atoms with Crippen LogP contribution in [0.5, 0.6) is 0 Å². The van der Waals surface area contributed by atoms with E-state index in [4.69, 9.17) is 0 Å². The molecule has 2 heteroatoms. The van der Waals surface area contributed by atoms with Crippen molar-refractivity contribution in [3.05, 3.63) is 35.9 Å². The number of rotatable bonds is 9. The van der Waals surface area contributed by atoms with Gasteiger partial charge >= 0.3 is 0 Å². The van der Waals surface area contributed by atoms with Gasteiger partial charge in [0.2, 0.25) is 0 Å². The monoisotopic (exact) mass is 275 g/mol. The Labute approximate surface area is 123 Å². The molecule has 1 aliphatic rings. The van der Waals surface area contributed by atoms with Crippen molar-refractivity contribution < 1.29 is 5.11 Å². The minimum absolute atomic E-state index is 0.230. The predicted molar refractivity (Wildman–Crippen MR) is 84.8 cm³/mol. The van der Waals surface area contributed by atoms with Crippen LogP contribution in [0.2, 0.25) is 0 Å². The van der Waals surface area contributed by atoms with Gasteiger partial charge in [0.05, 0.1) is 6.10 Å². The Kier molecular flexibility index (Phi) is 5.62. The van der Waals surface area contributed by atoms with Crippen LogP contribution in [0.15, 0.2) is 30.3 Å². The first-order valence-electron chi connectivity index (χ1n) is 8.07. The summed E-state index contributed by atoms with van der Waals surface area (Å²) in [5.74, 6) is 0.775. The molecule has 0 amide bonds. The number of β-amino-alcohol motifs (C(OH)–C–C–N with tert-alkyl or cyclic N) is 1. The number of hydrogen-bond donors (Lipinski definition) is 2. The first kappa shape index (κ1) is 15.5. The summed E-state index contributed by atoms with van der Waals surface area (Å²) in [5.41, 5.74) is 1.67. The normalized spacial score (nSPS) is 18.2. The lowest BCUT2D eigenvalue weighted by molar-refractivity contribution is 0.154. The molecule has 1 aliphatic carbocycles. The van der Waals surface area contributed by atoms with Crippen molar-refractivity contribution in [2.45, 2.75) is 64.0 Å². The molecule has 0 heterocycles. The lowest BCUT2D eigenvalue weighted by Crippen LogP contribution is -2.37. The van der Waals surface area contributed by atoms with E-state index in [9.17, 15) is 5.11 Å². The molecular weight excluding hydrogens is 246 g/mol. The van der Waals surface area contributed by atoms with Gasteiger partial charge in [0, 0.05) is 12.1 Å². The van der Waals surface area contributed by atoms with Crippen LogP contribution in [0.25, 0.3) is 0 Å². The Morgan fingerprint density at radius 2 is 1.85 bits per heavy atom. The fraction of sp³-hybridized carbons (Fsp3) is 0.667. The van der Waals surface area contributed by atoms with Gasteiger partial charge in [0.25, 0.3) is 0 Å². The molecule has 0 saturated heterocycles. The molecule has 1 fully saturated rings. The van der Waals surface area contributed by atoms with E-state index in [1.54, 1.807) is 0 Å². The number of nitrogens with one attached hydrogen (secondary N) is 1. The second-order valence-corrected chi connectivity index (χ2v) is 6.77. The van der Waals surface area contributed by atoms with Crippen LogP contribution in [-0.4, -0.2) is 23.3 Å². The standard InChI is InChI=1S/C18H29NO/c1-15(2)10-11-18(12-13-18)19-14-17(20)9-8-16-6-4-3-5-7-16/h3-7,15,17,19-20H,8-14H2,1-2H3. The molecule has 1 atom stereocenters. The zero-order chi connectivity index (χ0) is 14.4. The molecule has 20 heavy (non-hydrogen) atoms. The number of aryl methyl sites for hydroxylation is 1. The Morgan fingerprint density at radius 3 is 2.45 bits per heavy atom. The summed E-state index contributed by atoms with van der Waals surface area (Å²) in [5, 5.41) is 13.7. The van der Waals surface area contributed by atoms with Gasteiger partial charge in [-0.1, -0.05) is 44.2 Å². The van der Waals surface area contributed by atoms with Gasteiger partial charge in [-0.3, -0.25) is 0 Å². The van der Waals surface area contributed by atoms with Crippen molar-refractivity contribution >= 4 is 0 Å². The Morgan fingerprint density at radius 1 is 1.15 bits per heavy atom. The third-order valence-electron chi connectivity index (χ3n) is 4.38. The molecule has 1 unspecified atom stereocenters. The zero-order valence-corrected chi connectivity index (χ0v) is 12.9. The average Bonchev–Trinajstić information content (AvgIpc) is 3.23. The largest absolute Gasteiger partial charge is 0.392 e. The fourth-order valence-corrected chi connectivity index (χ4v) is 2.65. The minimum atomic E-state index is -0.230. The third kappa shape index (κ3) is 5.26. The minimum Gasteiger partial charge on any atom is -0.392 e. The average molecular weight is 275 g/mol. The molecular formula is C18H29NO. The summed E-state index contributed by atoms with van der Waals surface area (Å²) in [4.78, 5) is 0. The Bertz CT molecular complexity index is 384. The third-order valence-corrected chi connectivity index (χ3v) is 4.38. The number of aliphatic hydroxyl groups is 1. The highest BCUT2D eigenvalue weighted by molar-refractivity contribution is 5.14. The van der Waals surface area contributed by atoms with E-state index in [0.717, 1.165) is 25.3 Å². The highest BCUT2D eigenvalue weighted by Crippen LogP contribution is 2.40. The maximum Gasteiger partial charge on any atom is 0.0668 e. The first-order valence-corrected chi connectivity index (χ1v) is 8.07. The molecule has 1 saturated carbocycles. The lowest BCUT2D eigenvalue weighted by Gasteiger charge is -2.21. The van der Waals surface area contributed by atoms with Gasteiger partial charge in [-0.15, -0.1) is 0 Å². The molecule has 0 aromatic heterocycles. The SMILES string of the molecule is CC(C)CCC1(NCC(O)CCc2ccccc2)CC1. The fourth-order valence-electron chi connectivity index (χ4n) is 2.65. The lowest BCUT2D eigenvalue weighted by atomic mass is 10.0. The molecule has 1 aromatic rings. The maximum atomic E-state index is 10.1. The molecule has 1 aromatic carbocycles. The van der Waals surface area contributed by atoms with E-state index < -0.39 is 0 Å².